The Balaban J connectivity index is 2.43. The molecule has 6 heteroatoms. The second-order valence-electron chi connectivity index (χ2n) is 5.84. The lowest BCUT2D eigenvalue weighted by molar-refractivity contribution is -0.278. The third-order valence-electron chi connectivity index (χ3n) is 4.14. The fourth-order valence-corrected chi connectivity index (χ4v) is 2.82. The summed E-state index contributed by atoms with van der Waals surface area (Å²) >= 11 is 0. The number of carbonyl (C=O) groups is 1. The highest BCUT2D eigenvalue weighted by atomic mass is 19.4. The molecule has 2 aromatic carbocycles. The Morgan fingerprint density at radius 2 is 1.54 bits per heavy atom. The Labute approximate surface area is 150 Å². The standard InChI is InChI=1S/C20H21F3O3/c1-3-10-17(15-11-6-4-7-12-15)26-18(24)19(25-2,20(21,22)23)16-13-8-5-9-14-16/h4-9,11-14,17H,3,10H2,1-2H3/t17-,19?/m1/s1. The SMILES string of the molecule is CCC[C@@H](OC(=O)C(OC)(c1ccccc1)C(F)(F)F)c1ccccc1. The second kappa shape index (κ2) is 8.36. The van der Waals surface area contributed by atoms with E-state index in [1.165, 1.54) is 24.3 Å². The molecule has 0 bridgehead atoms. The van der Waals surface area contributed by atoms with Crippen molar-refractivity contribution in [2.24, 2.45) is 0 Å². The molecule has 0 saturated carbocycles. The normalized spacial score (nSPS) is 15.1. The minimum atomic E-state index is -4.98. The first-order chi connectivity index (χ1) is 12.4. The fourth-order valence-electron chi connectivity index (χ4n) is 2.82. The smallest absolute Gasteiger partial charge is 0.432 e. The van der Waals surface area contributed by atoms with E-state index in [1.54, 1.807) is 36.4 Å². The summed E-state index contributed by atoms with van der Waals surface area (Å²) in [5, 5.41) is 0. The predicted octanol–water partition coefficient (Wildman–Crippen LogP) is 5.18. The van der Waals surface area contributed by atoms with Gasteiger partial charge in [0.2, 0.25) is 0 Å². The Bertz CT molecular complexity index is 701. The Hall–Kier alpha value is -2.34. The molecule has 0 N–H and O–H groups in total. The molecule has 0 aromatic heterocycles. The molecule has 3 nitrogen and oxygen atoms in total. The van der Waals surface area contributed by atoms with Crippen molar-refractivity contribution in [3.8, 4) is 0 Å². The average molecular weight is 366 g/mol. The zero-order valence-electron chi connectivity index (χ0n) is 14.6. The number of ether oxygens (including phenoxy) is 2. The number of hydrogen-bond donors (Lipinski definition) is 0. The van der Waals surface area contributed by atoms with Crippen LogP contribution in [0.3, 0.4) is 0 Å². The zero-order valence-corrected chi connectivity index (χ0v) is 14.6. The first-order valence-corrected chi connectivity index (χ1v) is 8.30. The van der Waals surface area contributed by atoms with Gasteiger partial charge in [0.15, 0.2) is 0 Å². The molecule has 1 unspecified atom stereocenters. The topological polar surface area (TPSA) is 35.5 Å². The molecule has 0 saturated heterocycles. The van der Waals surface area contributed by atoms with E-state index in [4.69, 9.17) is 9.47 Å². The fraction of sp³-hybridized carbons (Fsp3) is 0.350. The highest BCUT2D eigenvalue weighted by molar-refractivity contribution is 5.83. The molecule has 0 amide bonds. The third kappa shape index (κ3) is 3.90. The predicted molar refractivity (Wildman–Crippen MR) is 91.4 cm³/mol. The number of alkyl halides is 3. The number of carbonyl (C=O) groups excluding carboxylic acids is 1. The van der Waals surface area contributed by atoms with Crippen LogP contribution >= 0.6 is 0 Å². The van der Waals surface area contributed by atoms with Crippen LogP contribution in [0.5, 0.6) is 0 Å². The summed E-state index contributed by atoms with van der Waals surface area (Å²) in [5.41, 5.74) is -2.85. The summed E-state index contributed by atoms with van der Waals surface area (Å²) in [6.07, 6.45) is -4.71. The van der Waals surface area contributed by atoms with Gasteiger partial charge in [-0.3, -0.25) is 0 Å². The first-order valence-electron chi connectivity index (χ1n) is 8.30. The average Bonchev–Trinajstić information content (AvgIpc) is 2.63. The Kier molecular flexibility index (Phi) is 6.42. The van der Waals surface area contributed by atoms with Crippen molar-refractivity contribution in [1.82, 2.24) is 0 Å². The van der Waals surface area contributed by atoms with Crippen LogP contribution in [0.15, 0.2) is 60.7 Å². The number of hydrogen-bond acceptors (Lipinski definition) is 3. The summed E-state index contributed by atoms with van der Waals surface area (Å²) in [7, 11) is 0.860. The monoisotopic (exact) mass is 366 g/mol. The van der Waals surface area contributed by atoms with E-state index in [0.717, 1.165) is 7.11 Å². The number of methoxy groups -OCH3 is 1. The third-order valence-corrected chi connectivity index (χ3v) is 4.14. The molecular weight excluding hydrogens is 345 g/mol. The van der Waals surface area contributed by atoms with Crippen LogP contribution in [0.25, 0.3) is 0 Å². The second-order valence-corrected chi connectivity index (χ2v) is 5.84. The van der Waals surface area contributed by atoms with Gasteiger partial charge in [0, 0.05) is 12.7 Å². The number of benzene rings is 2. The first kappa shape index (κ1) is 20.0. The molecule has 2 rings (SSSR count). The van der Waals surface area contributed by atoms with Crippen molar-refractivity contribution >= 4 is 5.97 Å². The Morgan fingerprint density at radius 1 is 1.00 bits per heavy atom. The summed E-state index contributed by atoms with van der Waals surface area (Å²) in [6.45, 7) is 1.87. The molecular formula is C20H21F3O3. The molecule has 0 spiro atoms. The summed E-state index contributed by atoms with van der Waals surface area (Å²) < 4.78 is 51.9. The van der Waals surface area contributed by atoms with Gasteiger partial charge in [-0.05, 0) is 12.0 Å². The van der Waals surface area contributed by atoms with Crippen LogP contribution in [0.4, 0.5) is 13.2 Å². The summed E-state index contributed by atoms with van der Waals surface area (Å²) in [5.74, 6) is -1.47. The van der Waals surface area contributed by atoms with Crippen molar-refractivity contribution in [2.45, 2.75) is 37.6 Å². The lowest BCUT2D eigenvalue weighted by Crippen LogP contribution is -2.52. The van der Waals surface area contributed by atoms with E-state index in [2.05, 4.69) is 0 Å². The molecule has 0 aliphatic carbocycles. The van der Waals surface area contributed by atoms with E-state index in [0.29, 0.717) is 18.4 Å². The minimum Gasteiger partial charge on any atom is -0.455 e. The maximum Gasteiger partial charge on any atom is 0.432 e. The molecule has 140 valence electrons. The number of rotatable bonds is 7. The molecule has 2 atom stereocenters. The maximum atomic E-state index is 13.9. The highest BCUT2D eigenvalue weighted by Gasteiger charge is 2.64. The molecule has 26 heavy (non-hydrogen) atoms. The van der Waals surface area contributed by atoms with Gasteiger partial charge in [0.1, 0.15) is 6.10 Å². The van der Waals surface area contributed by atoms with Crippen molar-refractivity contribution in [1.29, 1.82) is 0 Å². The number of esters is 1. The largest absolute Gasteiger partial charge is 0.455 e. The quantitative estimate of drug-likeness (QED) is 0.634. The van der Waals surface area contributed by atoms with E-state index >= 15 is 0 Å². The lowest BCUT2D eigenvalue weighted by atomic mass is 9.92. The zero-order chi connectivity index (χ0) is 19.2. The van der Waals surface area contributed by atoms with Gasteiger partial charge in [-0.1, -0.05) is 74.0 Å². The molecule has 0 heterocycles. The lowest BCUT2D eigenvalue weighted by Gasteiger charge is -2.33. The number of halogens is 3. The molecule has 2 aromatic rings. The van der Waals surface area contributed by atoms with E-state index in [1.807, 2.05) is 6.92 Å². The van der Waals surface area contributed by atoms with Gasteiger partial charge >= 0.3 is 12.1 Å². The molecule has 0 radical (unpaired) electrons. The molecule has 0 fully saturated rings. The maximum absolute atomic E-state index is 13.9. The van der Waals surface area contributed by atoms with Crippen LogP contribution < -0.4 is 0 Å². The van der Waals surface area contributed by atoms with Gasteiger partial charge in [0.25, 0.3) is 5.60 Å². The minimum absolute atomic E-state index is 0.316. The highest BCUT2D eigenvalue weighted by Crippen LogP contribution is 2.44. The van der Waals surface area contributed by atoms with Gasteiger partial charge in [-0.25, -0.2) is 4.79 Å². The van der Waals surface area contributed by atoms with Crippen LogP contribution in [0, 0.1) is 0 Å². The van der Waals surface area contributed by atoms with E-state index in [9.17, 15) is 18.0 Å². The van der Waals surface area contributed by atoms with Gasteiger partial charge in [-0.2, -0.15) is 13.2 Å². The van der Waals surface area contributed by atoms with Gasteiger partial charge in [-0.15, -0.1) is 0 Å². The van der Waals surface area contributed by atoms with Crippen molar-refractivity contribution in [3.63, 3.8) is 0 Å². The summed E-state index contributed by atoms with van der Waals surface area (Å²) in [4.78, 5) is 12.7. The van der Waals surface area contributed by atoms with Gasteiger partial charge in [0.05, 0.1) is 0 Å². The summed E-state index contributed by atoms with van der Waals surface area (Å²) in [6, 6.07) is 15.5. The van der Waals surface area contributed by atoms with Crippen molar-refractivity contribution in [3.05, 3.63) is 71.8 Å². The molecule has 0 aliphatic heterocycles. The van der Waals surface area contributed by atoms with Crippen LogP contribution in [0.2, 0.25) is 0 Å². The van der Waals surface area contributed by atoms with Gasteiger partial charge < -0.3 is 9.47 Å². The molecule has 0 aliphatic rings. The van der Waals surface area contributed by atoms with Crippen LogP contribution in [-0.2, 0) is 19.9 Å². The Morgan fingerprint density at radius 3 is 2.00 bits per heavy atom. The van der Waals surface area contributed by atoms with Crippen molar-refractivity contribution < 1.29 is 27.4 Å². The van der Waals surface area contributed by atoms with Crippen LogP contribution in [-0.4, -0.2) is 19.3 Å². The van der Waals surface area contributed by atoms with Crippen molar-refractivity contribution in [2.75, 3.05) is 7.11 Å². The van der Waals surface area contributed by atoms with E-state index in [-0.39, 0.29) is 5.56 Å². The van der Waals surface area contributed by atoms with E-state index < -0.39 is 23.9 Å². The van der Waals surface area contributed by atoms with Crippen LogP contribution in [0.1, 0.15) is 37.0 Å².